The molecule has 1 aliphatic heterocycles. The van der Waals surface area contributed by atoms with Crippen molar-refractivity contribution in [1.82, 2.24) is 5.32 Å². The Bertz CT molecular complexity index is 364. The van der Waals surface area contributed by atoms with Crippen LogP contribution >= 0.6 is 15.9 Å². The number of halogens is 1. The van der Waals surface area contributed by atoms with Gasteiger partial charge in [0.25, 0.3) is 0 Å². The van der Waals surface area contributed by atoms with Crippen LogP contribution in [0, 0.1) is 5.92 Å². The van der Waals surface area contributed by atoms with E-state index in [1.807, 2.05) is 18.2 Å². The van der Waals surface area contributed by atoms with Gasteiger partial charge < -0.3 is 14.8 Å². The van der Waals surface area contributed by atoms with Crippen LogP contribution in [0.2, 0.25) is 0 Å². The van der Waals surface area contributed by atoms with Gasteiger partial charge in [-0.05, 0) is 53.5 Å². The molecular formula is C13H18BrNO2. The molecule has 1 aromatic carbocycles. The maximum absolute atomic E-state index is 5.83. The van der Waals surface area contributed by atoms with Crippen molar-refractivity contribution in [3.8, 4) is 11.5 Å². The van der Waals surface area contributed by atoms with Crippen LogP contribution in [0.1, 0.15) is 12.8 Å². The van der Waals surface area contributed by atoms with Gasteiger partial charge in [-0.2, -0.15) is 0 Å². The van der Waals surface area contributed by atoms with E-state index in [4.69, 9.17) is 9.47 Å². The first kappa shape index (κ1) is 12.7. The summed E-state index contributed by atoms with van der Waals surface area (Å²) in [5.74, 6) is 2.35. The highest BCUT2D eigenvalue weighted by Gasteiger charge is 2.14. The van der Waals surface area contributed by atoms with E-state index in [0.29, 0.717) is 5.92 Å². The second-order valence-electron chi connectivity index (χ2n) is 4.32. The molecule has 0 unspecified atom stereocenters. The average molecular weight is 300 g/mol. The van der Waals surface area contributed by atoms with Crippen LogP contribution < -0.4 is 14.8 Å². The minimum atomic E-state index is 0.623. The molecule has 0 aromatic heterocycles. The number of hydrogen-bond donors (Lipinski definition) is 1. The molecule has 17 heavy (non-hydrogen) atoms. The molecule has 1 aliphatic rings. The van der Waals surface area contributed by atoms with Gasteiger partial charge in [0, 0.05) is 12.5 Å². The van der Waals surface area contributed by atoms with Crippen LogP contribution in [-0.2, 0) is 0 Å². The highest BCUT2D eigenvalue weighted by Crippen LogP contribution is 2.29. The fraction of sp³-hybridized carbons (Fsp3) is 0.538. The van der Waals surface area contributed by atoms with E-state index in [0.717, 1.165) is 35.7 Å². The maximum Gasteiger partial charge on any atom is 0.133 e. The third-order valence-electron chi connectivity index (χ3n) is 3.01. The Balaban J connectivity index is 1.89. The van der Waals surface area contributed by atoms with Gasteiger partial charge in [0.1, 0.15) is 11.5 Å². The topological polar surface area (TPSA) is 30.5 Å². The van der Waals surface area contributed by atoms with Crippen molar-refractivity contribution in [3.05, 3.63) is 22.7 Å². The minimum Gasteiger partial charge on any atom is -0.497 e. The highest BCUT2D eigenvalue weighted by atomic mass is 79.9. The Hall–Kier alpha value is -0.740. The largest absolute Gasteiger partial charge is 0.497 e. The zero-order valence-electron chi connectivity index (χ0n) is 10.0. The number of ether oxygens (including phenoxy) is 2. The van der Waals surface area contributed by atoms with Crippen molar-refractivity contribution in [2.45, 2.75) is 12.8 Å². The summed E-state index contributed by atoms with van der Waals surface area (Å²) in [6.07, 6.45) is 2.50. The van der Waals surface area contributed by atoms with Crippen molar-refractivity contribution in [2.24, 2.45) is 5.92 Å². The number of methoxy groups -OCH3 is 1. The lowest BCUT2D eigenvalue weighted by Gasteiger charge is -2.23. The fourth-order valence-electron chi connectivity index (χ4n) is 2.00. The Morgan fingerprint density at radius 1 is 1.47 bits per heavy atom. The van der Waals surface area contributed by atoms with Gasteiger partial charge in [-0.1, -0.05) is 0 Å². The van der Waals surface area contributed by atoms with Gasteiger partial charge in [0.2, 0.25) is 0 Å². The molecule has 0 radical (unpaired) electrons. The Kier molecular flexibility index (Phi) is 4.68. The summed E-state index contributed by atoms with van der Waals surface area (Å²) in [7, 11) is 1.66. The third-order valence-corrected chi connectivity index (χ3v) is 3.63. The first-order valence-corrected chi connectivity index (χ1v) is 6.76. The quantitative estimate of drug-likeness (QED) is 0.927. The molecule has 0 saturated carbocycles. The van der Waals surface area contributed by atoms with Gasteiger partial charge in [0.15, 0.2) is 0 Å². The number of rotatable bonds is 4. The van der Waals surface area contributed by atoms with Crippen molar-refractivity contribution in [3.63, 3.8) is 0 Å². The first-order valence-electron chi connectivity index (χ1n) is 5.96. The molecule has 0 amide bonds. The van der Waals surface area contributed by atoms with Gasteiger partial charge in [-0.3, -0.25) is 0 Å². The smallest absolute Gasteiger partial charge is 0.133 e. The summed E-state index contributed by atoms with van der Waals surface area (Å²) in [4.78, 5) is 0. The second-order valence-corrected chi connectivity index (χ2v) is 5.17. The monoisotopic (exact) mass is 299 g/mol. The summed E-state index contributed by atoms with van der Waals surface area (Å²) in [5.41, 5.74) is 0. The molecule has 94 valence electrons. The summed E-state index contributed by atoms with van der Waals surface area (Å²) < 4.78 is 11.9. The molecular weight excluding hydrogens is 282 g/mol. The molecule has 1 fully saturated rings. The molecule has 0 aliphatic carbocycles. The Labute approximate surface area is 111 Å². The van der Waals surface area contributed by atoms with Gasteiger partial charge in [0.05, 0.1) is 18.2 Å². The molecule has 1 heterocycles. The third kappa shape index (κ3) is 3.61. The van der Waals surface area contributed by atoms with Gasteiger partial charge in [-0.15, -0.1) is 0 Å². The average Bonchev–Trinajstić information content (AvgIpc) is 2.38. The van der Waals surface area contributed by atoms with Crippen LogP contribution in [0.3, 0.4) is 0 Å². The standard InChI is InChI=1S/C13H18BrNO2/c1-16-11-4-5-13(12(14)7-11)17-9-10-3-2-6-15-8-10/h4-5,7,10,15H,2-3,6,8-9H2,1H3/t10-/m1/s1. The Morgan fingerprint density at radius 2 is 2.35 bits per heavy atom. The summed E-state index contributed by atoms with van der Waals surface area (Å²) >= 11 is 3.49. The van der Waals surface area contributed by atoms with E-state index in [9.17, 15) is 0 Å². The summed E-state index contributed by atoms with van der Waals surface area (Å²) in [5, 5.41) is 3.39. The lowest BCUT2D eigenvalue weighted by Crippen LogP contribution is -2.33. The van der Waals surface area contributed by atoms with Crippen LogP contribution in [0.25, 0.3) is 0 Å². The SMILES string of the molecule is COc1ccc(OC[C@@H]2CCCNC2)c(Br)c1. The minimum absolute atomic E-state index is 0.623. The molecule has 1 atom stereocenters. The van der Waals surface area contributed by atoms with Crippen molar-refractivity contribution in [1.29, 1.82) is 0 Å². The lowest BCUT2D eigenvalue weighted by molar-refractivity contribution is 0.217. The molecule has 3 nitrogen and oxygen atoms in total. The molecule has 0 spiro atoms. The molecule has 1 saturated heterocycles. The molecule has 2 rings (SSSR count). The van der Waals surface area contributed by atoms with Crippen LogP contribution in [0.15, 0.2) is 22.7 Å². The first-order chi connectivity index (χ1) is 8.29. The van der Waals surface area contributed by atoms with Crippen LogP contribution in [-0.4, -0.2) is 26.8 Å². The Morgan fingerprint density at radius 3 is 3.00 bits per heavy atom. The molecule has 1 aromatic rings. The highest BCUT2D eigenvalue weighted by molar-refractivity contribution is 9.10. The number of hydrogen-bond acceptors (Lipinski definition) is 3. The zero-order valence-corrected chi connectivity index (χ0v) is 11.6. The van der Waals surface area contributed by atoms with E-state index in [1.54, 1.807) is 7.11 Å². The van der Waals surface area contributed by atoms with E-state index >= 15 is 0 Å². The lowest BCUT2D eigenvalue weighted by atomic mass is 10.0. The molecule has 1 N–H and O–H groups in total. The van der Waals surface area contributed by atoms with Crippen LogP contribution in [0.4, 0.5) is 0 Å². The summed E-state index contributed by atoms with van der Waals surface area (Å²) in [6.45, 7) is 2.98. The van der Waals surface area contributed by atoms with Gasteiger partial charge in [-0.25, -0.2) is 0 Å². The second kappa shape index (κ2) is 6.26. The number of nitrogens with one attached hydrogen (secondary N) is 1. The van der Waals surface area contributed by atoms with E-state index in [2.05, 4.69) is 21.2 Å². The van der Waals surface area contributed by atoms with E-state index in [-0.39, 0.29) is 0 Å². The van der Waals surface area contributed by atoms with Crippen molar-refractivity contribution >= 4 is 15.9 Å². The van der Waals surface area contributed by atoms with E-state index in [1.165, 1.54) is 12.8 Å². The summed E-state index contributed by atoms with van der Waals surface area (Å²) in [6, 6.07) is 5.78. The molecule has 0 bridgehead atoms. The number of benzene rings is 1. The maximum atomic E-state index is 5.83. The van der Waals surface area contributed by atoms with E-state index < -0.39 is 0 Å². The van der Waals surface area contributed by atoms with Crippen molar-refractivity contribution < 1.29 is 9.47 Å². The van der Waals surface area contributed by atoms with Crippen LogP contribution in [0.5, 0.6) is 11.5 Å². The number of piperidine rings is 1. The fourth-order valence-corrected chi connectivity index (χ4v) is 2.47. The zero-order chi connectivity index (χ0) is 12.1. The molecule has 4 heteroatoms. The predicted octanol–water partition coefficient (Wildman–Crippen LogP) is 2.84. The van der Waals surface area contributed by atoms with Crippen molar-refractivity contribution in [2.75, 3.05) is 26.8 Å². The predicted molar refractivity (Wildman–Crippen MR) is 71.8 cm³/mol. The normalized spacial score (nSPS) is 20.0. The van der Waals surface area contributed by atoms with Gasteiger partial charge >= 0.3 is 0 Å².